The van der Waals surface area contributed by atoms with E-state index in [-0.39, 0.29) is 23.9 Å². The summed E-state index contributed by atoms with van der Waals surface area (Å²) in [5, 5.41) is 4.34. The van der Waals surface area contributed by atoms with Crippen molar-refractivity contribution in [1.82, 2.24) is 15.0 Å². The lowest BCUT2D eigenvalue weighted by molar-refractivity contribution is -0.0189. The Bertz CT molecular complexity index is 1580. The molecule has 11 heteroatoms. The van der Waals surface area contributed by atoms with Crippen molar-refractivity contribution in [1.29, 1.82) is 0 Å². The van der Waals surface area contributed by atoms with Gasteiger partial charge in [0, 0.05) is 42.4 Å². The first-order chi connectivity index (χ1) is 18.1. The molecule has 4 heterocycles. The number of nitrogens with two attached hydrogens (primary N) is 1. The van der Waals surface area contributed by atoms with Gasteiger partial charge >= 0.3 is 5.97 Å². The number of nitrogens with one attached hydrogen (secondary N) is 1. The van der Waals surface area contributed by atoms with E-state index < -0.39 is 26.2 Å². The maximum absolute atomic E-state index is 12.5. The molecule has 3 N–H and O–H groups in total. The lowest BCUT2D eigenvalue weighted by Crippen LogP contribution is -2.51. The number of aromatic nitrogens is 3. The van der Waals surface area contributed by atoms with Crippen LogP contribution in [0.15, 0.2) is 30.6 Å². The topological polar surface area (TPSA) is 146 Å². The summed E-state index contributed by atoms with van der Waals surface area (Å²) in [6.07, 6.45) is 4.80. The third kappa shape index (κ3) is 4.93. The van der Waals surface area contributed by atoms with Crippen molar-refractivity contribution in [2.75, 3.05) is 11.6 Å². The highest BCUT2D eigenvalue weighted by atomic mass is 32.2. The van der Waals surface area contributed by atoms with Crippen molar-refractivity contribution < 1.29 is 22.7 Å². The van der Waals surface area contributed by atoms with Gasteiger partial charge in [0.15, 0.2) is 9.84 Å². The average molecular weight is 554 g/mol. The van der Waals surface area contributed by atoms with Crippen LogP contribution in [0.4, 0.5) is 11.6 Å². The summed E-state index contributed by atoms with van der Waals surface area (Å²) in [4.78, 5) is 26.3. The standard InChI is InChI=1S/C28H35N5O5S/c1-14-20(11-21(14)39(7,35)36)37-25-18-12-30-23(10-17(18)19(13-31-25)27(3,4)29)32-22-9-8-16-24(33-22)15(2)28(5,6)38-26(16)34/h8-10,12-15,20-21H,11,29H2,1-7H3,(H,30,32,33)/t14-,15-,20+,21+/m1/s1. The fourth-order valence-corrected chi connectivity index (χ4v) is 6.74. The van der Waals surface area contributed by atoms with Gasteiger partial charge in [-0.15, -0.1) is 0 Å². The molecule has 1 fully saturated rings. The second-order valence-electron chi connectivity index (χ2n) is 11.9. The summed E-state index contributed by atoms with van der Waals surface area (Å²) in [5.74, 6) is 0.861. The monoisotopic (exact) mass is 553 g/mol. The molecule has 1 aliphatic carbocycles. The zero-order valence-electron chi connectivity index (χ0n) is 23.3. The Kier molecular flexibility index (Phi) is 6.38. The van der Waals surface area contributed by atoms with Crippen molar-refractivity contribution in [3.63, 3.8) is 0 Å². The van der Waals surface area contributed by atoms with E-state index in [1.165, 1.54) is 6.26 Å². The summed E-state index contributed by atoms with van der Waals surface area (Å²) < 4.78 is 35.8. The smallest absolute Gasteiger partial charge is 0.340 e. The minimum absolute atomic E-state index is 0.0943. The number of ether oxygens (including phenoxy) is 2. The predicted molar refractivity (Wildman–Crippen MR) is 149 cm³/mol. The van der Waals surface area contributed by atoms with E-state index in [2.05, 4.69) is 15.3 Å². The largest absolute Gasteiger partial charge is 0.473 e. The number of esters is 1. The molecule has 10 nitrogen and oxygen atoms in total. The molecule has 1 aliphatic heterocycles. The molecular weight excluding hydrogens is 518 g/mol. The number of hydrogen-bond donors (Lipinski definition) is 2. The Hall–Kier alpha value is -3.31. The molecule has 0 unspecified atom stereocenters. The molecule has 0 spiro atoms. The van der Waals surface area contributed by atoms with Gasteiger partial charge < -0.3 is 20.5 Å². The normalized spacial score (nSPS) is 24.5. The predicted octanol–water partition coefficient (Wildman–Crippen LogP) is 4.22. The SMILES string of the molecule is C[C@@H]1[C@@H](Oc2ncc(C(C)(C)N)c3cc(Nc4ccc5c(n4)[C@@H](C)C(C)(C)OC5=O)ncc23)C[C@@H]1S(C)(=O)=O. The van der Waals surface area contributed by atoms with Crippen LogP contribution in [0.25, 0.3) is 10.8 Å². The number of nitrogens with zero attached hydrogens (tertiary/aromatic N) is 3. The Morgan fingerprint density at radius 2 is 1.85 bits per heavy atom. The number of anilines is 2. The van der Waals surface area contributed by atoms with Crippen LogP contribution in [0.2, 0.25) is 0 Å². The highest BCUT2D eigenvalue weighted by Gasteiger charge is 2.46. The number of rotatable bonds is 6. The van der Waals surface area contributed by atoms with Crippen LogP contribution in [0.1, 0.15) is 75.5 Å². The molecule has 0 amide bonds. The van der Waals surface area contributed by atoms with E-state index in [0.717, 1.165) is 10.9 Å². The van der Waals surface area contributed by atoms with Crippen LogP contribution in [-0.2, 0) is 20.1 Å². The van der Waals surface area contributed by atoms with Gasteiger partial charge in [0.2, 0.25) is 5.88 Å². The molecule has 208 valence electrons. The first-order valence-electron chi connectivity index (χ1n) is 13.0. The molecular formula is C28H35N5O5S. The quantitative estimate of drug-likeness (QED) is 0.425. The van der Waals surface area contributed by atoms with Gasteiger partial charge in [0.25, 0.3) is 0 Å². The van der Waals surface area contributed by atoms with Crippen LogP contribution in [0.3, 0.4) is 0 Å². The van der Waals surface area contributed by atoms with E-state index in [1.807, 2.05) is 47.6 Å². The van der Waals surface area contributed by atoms with E-state index in [0.29, 0.717) is 40.6 Å². The molecule has 4 atom stereocenters. The summed E-state index contributed by atoms with van der Waals surface area (Å²) in [5.41, 5.74) is 7.07. The fourth-order valence-electron chi connectivity index (χ4n) is 5.24. The lowest BCUT2D eigenvalue weighted by atomic mass is 9.82. The van der Waals surface area contributed by atoms with Crippen LogP contribution in [0, 0.1) is 5.92 Å². The van der Waals surface area contributed by atoms with Gasteiger partial charge in [-0.3, -0.25) is 0 Å². The molecule has 0 radical (unpaired) electrons. The fraction of sp³-hybridized carbons (Fsp3) is 0.500. The number of sulfone groups is 1. The van der Waals surface area contributed by atoms with Crippen molar-refractivity contribution in [3.8, 4) is 5.88 Å². The minimum Gasteiger partial charge on any atom is -0.473 e. The minimum atomic E-state index is -3.13. The van der Waals surface area contributed by atoms with Gasteiger partial charge in [-0.25, -0.2) is 28.2 Å². The maximum Gasteiger partial charge on any atom is 0.340 e. The number of carbonyl (C=O) groups is 1. The van der Waals surface area contributed by atoms with Crippen molar-refractivity contribution in [2.45, 2.75) is 76.4 Å². The molecule has 39 heavy (non-hydrogen) atoms. The van der Waals surface area contributed by atoms with Crippen molar-refractivity contribution in [3.05, 3.63) is 47.4 Å². The van der Waals surface area contributed by atoms with Gasteiger partial charge in [0.1, 0.15) is 23.3 Å². The molecule has 0 bridgehead atoms. The van der Waals surface area contributed by atoms with Gasteiger partial charge in [0.05, 0.1) is 21.9 Å². The summed E-state index contributed by atoms with van der Waals surface area (Å²) in [7, 11) is -3.13. The van der Waals surface area contributed by atoms with Gasteiger partial charge in [-0.2, -0.15) is 0 Å². The number of pyridine rings is 3. The van der Waals surface area contributed by atoms with E-state index in [4.69, 9.17) is 20.2 Å². The van der Waals surface area contributed by atoms with Crippen molar-refractivity contribution >= 4 is 38.2 Å². The Morgan fingerprint density at radius 3 is 2.49 bits per heavy atom. The Labute approximate surface area is 228 Å². The first-order valence-corrected chi connectivity index (χ1v) is 15.0. The summed E-state index contributed by atoms with van der Waals surface area (Å²) in [6, 6.07) is 5.32. The third-order valence-corrected chi connectivity index (χ3v) is 9.81. The number of fused-ring (bicyclic) bond motifs is 2. The maximum atomic E-state index is 12.5. The summed E-state index contributed by atoms with van der Waals surface area (Å²) >= 11 is 0. The third-order valence-electron chi connectivity index (χ3n) is 8.09. The number of hydrogen-bond acceptors (Lipinski definition) is 10. The molecule has 1 saturated carbocycles. The van der Waals surface area contributed by atoms with Gasteiger partial charge in [-0.1, -0.05) is 13.8 Å². The molecule has 3 aromatic rings. The highest BCUT2D eigenvalue weighted by Crippen LogP contribution is 2.40. The number of cyclic esters (lactones) is 1. The molecule has 3 aromatic heterocycles. The molecule has 5 rings (SSSR count). The zero-order valence-corrected chi connectivity index (χ0v) is 24.1. The molecule has 0 saturated heterocycles. The summed E-state index contributed by atoms with van der Waals surface area (Å²) in [6.45, 7) is 11.4. The van der Waals surface area contributed by atoms with E-state index in [1.54, 1.807) is 24.5 Å². The average Bonchev–Trinajstić information content (AvgIpc) is 2.82. The lowest BCUT2D eigenvalue weighted by Gasteiger charge is -2.40. The Morgan fingerprint density at radius 1 is 1.13 bits per heavy atom. The van der Waals surface area contributed by atoms with Gasteiger partial charge in [-0.05, 0) is 56.8 Å². The number of carbonyl (C=O) groups excluding carboxylic acids is 1. The highest BCUT2D eigenvalue weighted by molar-refractivity contribution is 7.91. The first kappa shape index (κ1) is 27.3. The van der Waals surface area contributed by atoms with Crippen molar-refractivity contribution in [2.24, 2.45) is 11.7 Å². The second-order valence-corrected chi connectivity index (χ2v) is 14.2. The van der Waals surface area contributed by atoms with Crippen LogP contribution in [0.5, 0.6) is 5.88 Å². The van der Waals surface area contributed by atoms with Crippen LogP contribution < -0.4 is 15.8 Å². The molecule has 0 aromatic carbocycles. The van der Waals surface area contributed by atoms with Crippen LogP contribution >= 0.6 is 0 Å². The van der Waals surface area contributed by atoms with E-state index in [9.17, 15) is 13.2 Å². The zero-order chi connectivity index (χ0) is 28.5. The second kappa shape index (κ2) is 9.12. The van der Waals surface area contributed by atoms with Crippen LogP contribution in [-0.4, -0.2) is 52.5 Å². The Balaban J connectivity index is 1.48. The van der Waals surface area contributed by atoms with E-state index >= 15 is 0 Å². The molecule has 2 aliphatic rings.